The normalized spacial score (nSPS) is 12.8. The van der Waals surface area contributed by atoms with Gasteiger partial charge < -0.3 is 0 Å². The van der Waals surface area contributed by atoms with Gasteiger partial charge in [0.15, 0.2) is 5.82 Å². The number of rotatable bonds is 4. The maximum atomic E-state index is 9.63. The van der Waals surface area contributed by atoms with Crippen LogP contribution in [0.2, 0.25) is 0 Å². The molecular weight excluding hydrogens is 683 g/mol. The third-order valence-corrected chi connectivity index (χ3v) is 11.1. The predicted octanol–water partition coefficient (Wildman–Crippen LogP) is 12.6. The first-order valence-corrected chi connectivity index (χ1v) is 18.7. The highest BCUT2D eigenvalue weighted by Crippen LogP contribution is 2.41. The predicted molar refractivity (Wildman–Crippen MR) is 233 cm³/mol. The van der Waals surface area contributed by atoms with Crippen molar-refractivity contribution in [3.63, 3.8) is 0 Å². The van der Waals surface area contributed by atoms with Crippen molar-refractivity contribution in [3.05, 3.63) is 187 Å². The van der Waals surface area contributed by atoms with Crippen molar-refractivity contribution >= 4 is 77.1 Å². The third kappa shape index (κ3) is 4.91. The van der Waals surface area contributed by atoms with E-state index in [2.05, 4.69) is 109 Å². The van der Waals surface area contributed by atoms with E-state index in [4.69, 9.17) is 15.0 Å². The summed E-state index contributed by atoms with van der Waals surface area (Å²) in [5.41, 5.74) is 8.02. The van der Waals surface area contributed by atoms with Gasteiger partial charge >= 0.3 is 0 Å². The van der Waals surface area contributed by atoms with Gasteiger partial charge in [-0.05, 0) is 73.4 Å². The Morgan fingerprint density at radius 3 is 1.59 bits per heavy atom. The first kappa shape index (κ1) is 31.9. The van der Waals surface area contributed by atoms with Crippen LogP contribution >= 0.6 is 0 Å². The molecule has 0 saturated heterocycles. The van der Waals surface area contributed by atoms with Gasteiger partial charge in [-0.15, -0.1) is 0 Å². The molecule has 0 fully saturated rings. The van der Waals surface area contributed by atoms with Gasteiger partial charge in [-0.1, -0.05) is 146 Å². The lowest BCUT2D eigenvalue weighted by molar-refractivity contribution is 1.17. The SMILES string of the molecule is N=C1C(=N)c2c(c(-c3ccccc3)nc3ccccc23)C=C1c1cc(-c2cc3ccccc3c3ccccc23)nc(-c2cc3ccccc3c3ccccc23)n1. The summed E-state index contributed by atoms with van der Waals surface area (Å²) in [5.74, 6) is 0.558. The molecule has 0 aliphatic heterocycles. The Labute approximate surface area is 322 Å². The van der Waals surface area contributed by atoms with Crippen molar-refractivity contribution in [2.45, 2.75) is 0 Å². The summed E-state index contributed by atoms with van der Waals surface area (Å²) in [6.45, 7) is 0. The Kier molecular flexibility index (Phi) is 7.09. The van der Waals surface area contributed by atoms with Crippen LogP contribution in [-0.4, -0.2) is 26.4 Å². The van der Waals surface area contributed by atoms with E-state index in [0.717, 1.165) is 76.9 Å². The molecule has 1 aliphatic rings. The van der Waals surface area contributed by atoms with Crippen molar-refractivity contribution < 1.29 is 0 Å². The monoisotopic (exact) mass is 713 g/mol. The topological polar surface area (TPSA) is 86.4 Å². The lowest BCUT2D eigenvalue weighted by Gasteiger charge is -2.23. The van der Waals surface area contributed by atoms with Crippen molar-refractivity contribution in [1.29, 1.82) is 10.8 Å². The van der Waals surface area contributed by atoms with E-state index in [0.29, 0.717) is 22.7 Å². The molecule has 0 spiro atoms. The van der Waals surface area contributed by atoms with Gasteiger partial charge in [0.25, 0.3) is 0 Å². The summed E-state index contributed by atoms with van der Waals surface area (Å²) in [6.07, 6.45) is 2.02. The fraction of sp³-hybridized carbons (Fsp3) is 0. The Morgan fingerprint density at radius 2 is 0.911 bits per heavy atom. The van der Waals surface area contributed by atoms with E-state index in [-0.39, 0.29) is 11.4 Å². The summed E-state index contributed by atoms with van der Waals surface area (Å²) in [7, 11) is 0. The van der Waals surface area contributed by atoms with E-state index in [9.17, 15) is 10.8 Å². The number of hydrogen-bond donors (Lipinski definition) is 2. The molecule has 2 aromatic heterocycles. The highest BCUT2D eigenvalue weighted by atomic mass is 14.9. The average Bonchev–Trinajstić information content (AvgIpc) is 3.26. The minimum absolute atomic E-state index is 0.107. The van der Waals surface area contributed by atoms with Crippen LogP contribution in [0.3, 0.4) is 0 Å². The van der Waals surface area contributed by atoms with Gasteiger partial charge in [-0.25, -0.2) is 15.0 Å². The number of benzene rings is 8. The number of allylic oxidation sites excluding steroid dienone is 1. The summed E-state index contributed by atoms with van der Waals surface area (Å²) >= 11 is 0. The van der Waals surface area contributed by atoms with Gasteiger partial charge in [-0.2, -0.15) is 0 Å². The first-order chi connectivity index (χ1) is 27.6. The van der Waals surface area contributed by atoms with Gasteiger partial charge in [0.1, 0.15) is 0 Å². The van der Waals surface area contributed by atoms with Crippen LogP contribution in [0.1, 0.15) is 16.8 Å². The zero-order valence-corrected chi connectivity index (χ0v) is 30.1. The molecule has 260 valence electrons. The molecule has 11 rings (SSSR count). The zero-order valence-electron chi connectivity index (χ0n) is 30.1. The standard InChI is InChI=1S/C51H31N5/c52-48-42(28-43-47(49(48)53)39-24-12-13-25-44(39)54-50(43)30-14-2-1-3-15-30)46-29-45(40-26-31-16-4-6-18-33(31)35-20-8-10-22-37(35)40)55-51(56-46)41-27-32-17-5-7-19-34(32)36-21-9-11-23-38(36)41/h1-29,52-53H. The van der Waals surface area contributed by atoms with E-state index in [1.807, 2.05) is 66.7 Å². The molecule has 56 heavy (non-hydrogen) atoms. The van der Waals surface area contributed by atoms with Gasteiger partial charge in [0, 0.05) is 38.8 Å². The molecule has 8 aromatic carbocycles. The maximum Gasteiger partial charge on any atom is 0.161 e. The second-order valence-corrected chi connectivity index (χ2v) is 14.3. The van der Waals surface area contributed by atoms with Crippen LogP contribution in [0, 0.1) is 10.8 Å². The highest BCUT2D eigenvalue weighted by molar-refractivity contribution is 6.64. The van der Waals surface area contributed by atoms with Crippen LogP contribution in [0.5, 0.6) is 0 Å². The fourth-order valence-electron chi connectivity index (χ4n) is 8.48. The van der Waals surface area contributed by atoms with Gasteiger partial charge in [0.2, 0.25) is 0 Å². The molecule has 0 amide bonds. The minimum atomic E-state index is 0.107. The molecule has 10 aromatic rings. The molecule has 1 aliphatic carbocycles. The summed E-state index contributed by atoms with van der Waals surface area (Å²) < 4.78 is 0. The molecule has 0 bridgehead atoms. The lowest BCUT2D eigenvalue weighted by Crippen LogP contribution is -2.22. The van der Waals surface area contributed by atoms with Crippen molar-refractivity contribution in [3.8, 4) is 33.9 Å². The quantitative estimate of drug-likeness (QED) is 0.178. The fourth-order valence-corrected chi connectivity index (χ4v) is 8.48. The maximum absolute atomic E-state index is 9.63. The Morgan fingerprint density at radius 1 is 0.393 bits per heavy atom. The number of fused-ring (bicyclic) bond motifs is 9. The van der Waals surface area contributed by atoms with Crippen LogP contribution in [0.15, 0.2) is 170 Å². The summed E-state index contributed by atoms with van der Waals surface area (Å²) in [6, 6.07) is 58.2. The average molecular weight is 714 g/mol. The van der Waals surface area contributed by atoms with Crippen LogP contribution in [0.25, 0.3) is 99.5 Å². The molecule has 0 atom stereocenters. The number of hydrogen-bond acceptors (Lipinski definition) is 5. The number of nitrogens with one attached hydrogen (secondary N) is 2. The molecule has 0 unspecified atom stereocenters. The van der Waals surface area contributed by atoms with E-state index < -0.39 is 0 Å². The highest BCUT2D eigenvalue weighted by Gasteiger charge is 2.29. The molecule has 5 nitrogen and oxygen atoms in total. The number of pyridine rings is 1. The summed E-state index contributed by atoms with van der Waals surface area (Å²) in [4.78, 5) is 15.9. The van der Waals surface area contributed by atoms with E-state index in [1.54, 1.807) is 0 Å². The Bertz CT molecular complexity index is 3210. The van der Waals surface area contributed by atoms with E-state index in [1.165, 1.54) is 10.8 Å². The molecule has 5 heteroatoms. The smallest absolute Gasteiger partial charge is 0.161 e. The molecule has 0 radical (unpaired) electrons. The largest absolute Gasteiger partial charge is 0.298 e. The summed E-state index contributed by atoms with van der Waals surface area (Å²) in [5, 5.41) is 29.0. The number of nitrogens with zero attached hydrogens (tertiary/aromatic N) is 3. The molecule has 2 heterocycles. The molecular formula is C51H31N5. The first-order valence-electron chi connectivity index (χ1n) is 18.7. The molecule has 2 N–H and O–H groups in total. The van der Waals surface area contributed by atoms with Crippen LogP contribution in [-0.2, 0) is 0 Å². The Hall–Kier alpha value is -7.63. The second kappa shape index (κ2) is 12.5. The molecule has 0 saturated carbocycles. The number of aromatic nitrogens is 3. The van der Waals surface area contributed by atoms with Crippen molar-refractivity contribution in [1.82, 2.24) is 15.0 Å². The van der Waals surface area contributed by atoms with Crippen molar-refractivity contribution in [2.24, 2.45) is 0 Å². The third-order valence-electron chi connectivity index (χ3n) is 11.1. The zero-order chi connectivity index (χ0) is 37.3. The Balaban J connectivity index is 1.24. The van der Waals surface area contributed by atoms with Gasteiger partial charge in [0.05, 0.1) is 34.0 Å². The van der Waals surface area contributed by atoms with E-state index >= 15 is 0 Å². The van der Waals surface area contributed by atoms with Crippen LogP contribution in [0.4, 0.5) is 0 Å². The second-order valence-electron chi connectivity index (χ2n) is 14.3. The lowest BCUT2D eigenvalue weighted by atomic mass is 9.83. The van der Waals surface area contributed by atoms with Crippen LogP contribution < -0.4 is 0 Å². The van der Waals surface area contributed by atoms with Gasteiger partial charge in [-0.3, -0.25) is 10.8 Å². The van der Waals surface area contributed by atoms with Crippen molar-refractivity contribution in [2.75, 3.05) is 0 Å². The minimum Gasteiger partial charge on any atom is -0.298 e. The number of para-hydroxylation sites is 1.